The molecule has 0 unspecified atom stereocenters. The van der Waals surface area contributed by atoms with Crippen molar-refractivity contribution in [3.63, 3.8) is 0 Å². The van der Waals surface area contributed by atoms with Crippen molar-refractivity contribution in [2.75, 3.05) is 50.6 Å². The van der Waals surface area contributed by atoms with Gasteiger partial charge in [-0.05, 0) is 145 Å². The quantitative estimate of drug-likeness (QED) is 0.224. The van der Waals surface area contributed by atoms with Crippen molar-refractivity contribution < 1.29 is 37.0 Å². The molecule has 3 amide bonds. The van der Waals surface area contributed by atoms with Crippen LogP contribution in [0.5, 0.6) is 5.75 Å². The lowest BCUT2D eigenvalue weighted by Gasteiger charge is -2.51. The van der Waals surface area contributed by atoms with Crippen molar-refractivity contribution in [3.05, 3.63) is 70.3 Å². The number of piperidine rings is 1. The summed E-state index contributed by atoms with van der Waals surface area (Å²) in [4.78, 5) is 46.9. The molecular weight excluding hydrogens is 839 g/mol. The molecule has 61 heavy (non-hydrogen) atoms. The second-order valence-electron chi connectivity index (χ2n) is 18.4. The number of carbonyl (C=O) groups excluding carboxylic acids is 3. The number of allylic oxidation sites excluding steroid dienone is 1. The summed E-state index contributed by atoms with van der Waals surface area (Å²) in [6, 6.07) is 10.7. The fraction of sp³-hybridized carbons (Fsp3) is 0.630. The fourth-order valence-electron chi connectivity index (χ4n) is 9.27. The van der Waals surface area contributed by atoms with E-state index in [1.165, 1.54) is 0 Å². The molecule has 2 aromatic rings. The van der Waals surface area contributed by atoms with Gasteiger partial charge in [0.15, 0.2) is 0 Å². The molecule has 12 nitrogen and oxygen atoms in total. The summed E-state index contributed by atoms with van der Waals surface area (Å²) in [5.74, 6) is -0.913. The van der Waals surface area contributed by atoms with Gasteiger partial charge in [-0.15, -0.1) is 11.6 Å². The van der Waals surface area contributed by atoms with Gasteiger partial charge in [-0.2, -0.15) is 0 Å². The lowest BCUT2D eigenvalue weighted by molar-refractivity contribution is -0.139. The third kappa shape index (κ3) is 11.4. The first kappa shape index (κ1) is 47.0. The minimum Gasteiger partial charge on any atom is -0.487 e. The Morgan fingerprint density at radius 3 is 2.49 bits per heavy atom. The van der Waals surface area contributed by atoms with Crippen LogP contribution >= 0.6 is 23.2 Å². The van der Waals surface area contributed by atoms with Crippen LogP contribution in [0.25, 0.3) is 0 Å². The molecule has 3 heterocycles. The van der Waals surface area contributed by atoms with Crippen molar-refractivity contribution in [2.45, 2.75) is 122 Å². The molecule has 1 N–H and O–H groups in total. The molecule has 3 aliphatic heterocycles. The number of likely N-dealkylation sites (tertiary alicyclic amines) is 1. The van der Waals surface area contributed by atoms with Gasteiger partial charge < -0.3 is 28.9 Å². The molecule has 1 saturated heterocycles. The van der Waals surface area contributed by atoms with Crippen LogP contribution < -0.4 is 14.4 Å². The van der Waals surface area contributed by atoms with Crippen LogP contribution in [-0.4, -0.2) is 104 Å². The Hall–Kier alpha value is -3.52. The number of sulfonamides is 1. The minimum atomic E-state index is -4.08. The van der Waals surface area contributed by atoms with Gasteiger partial charge in [-0.25, -0.2) is 17.9 Å². The summed E-state index contributed by atoms with van der Waals surface area (Å²) in [5, 5.41) is -0.235. The van der Waals surface area contributed by atoms with Gasteiger partial charge in [0.2, 0.25) is 15.9 Å². The molecule has 6 rings (SSSR count). The van der Waals surface area contributed by atoms with Crippen LogP contribution in [0, 0.1) is 17.8 Å². The molecule has 0 aromatic heterocycles. The molecule has 1 aliphatic carbocycles. The highest BCUT2D eigenvalue weighted by molar-refractivity contribution is 7.90. The normalized spacial score (nSPS) is 27.7. The highest BCUT2D eigenvalue weighted by Gasteiger charge is 2.49. The number of methoxy groups -OCH3 is 1. The van der Waals surface area contributed by atoms with Crippen LogP contribution in [0.4, 0.5) is 10.5 Å². The maximum Gasteiger partial charge on any atom is 0.410 e. The molecule has 2 bridgehead atoms. The van der Waals surface area contributed by atoms with E-state index < -0.39 is 38.5 Å². The SMILES string of the molecule is CO[C@]1(CN(C[C@H]2CCCCN2C(=O)OC(C)(C)C)C(=O)CCl)/C=C/C[C@H](C)[C@@H](C)S(=O)(=O)NC(=O)c2ccc3c(c2)N(CCCCc2cc(Cl)ccc2CO3)C[C@@H]2CC[C@H]21. The van der Waals surface area contributed by atoms with Crippen LogP contribution in [0.2, 0.25) is 5.02 Å². The number of benzene rings is 2. The van der Waals surface area contributed by atoms with Gasteiger partial charge >= 0.3 is 6.09 Å². The van der Waals surface area contributed by atoms with Gasteiger partial charge in [0.25, 0.3) is 5.91 Å². The average molecular weight is 904 g/mol. The first-order valence-electron chi connectivity index (χ1n) is 21.8. The summed E-state index contributed by atoms with van der Waals surface area (Å²) in [6.07, 6.45) is 10.7. The van der Waals surface area contributed by atoms with E-state index in [0.29, 0.717) is 55.5 Å². The number of rotatable bonds is 6. The van der Waals surface area contributed by atoms with Gasteiger partial charge in [-0.1, -0.05) is 36.7 Å². The summed E-state index contributed by atoms with van der Waals surface area (Å²) < 4.78 is 48.8. The Kier molecular flexibility index (Phi) is 15.3. The number of aryl methyl sites for hydroxylation is 1. The molecule has 2 aromatic carbocycles. The van der Waals surface area contributed by atoms with E-state index in [1.54, 1.807) is 42.0 Å². The minimum absolute atomic E-state index is 0.0440. The Balaban J connectivity index is 1.39. The third-order valence-corrected chi connectivity index (χ3v) is 15.5. The number of hydrogen-bond donors (Lipinski definition) is 1. The molecule has 0 radical (unpaired) electrons. The molecule has 2 fully saturated rings. The first-order chi connectivity index (χ1) is 28.9. The number of nitrogens with zero attached hydrogens (tertiary/aromatic N) is 3. The number of alkyl halides is 1. The summed E-state index contributed by atoms with van der Waals surface area (Å²) in [7, 11) is -2.41. The monoisotopic (exact) mass is 902 g/mol. The number of halogens is 2. The molecule has 336 valence electrons. The fourth-order valence-corrected chi connectivity index (χ4v) is 10.9. The Labute approximate surface area is 372 Å². The molecule has 1 saturated carbocycles. The maximum absolute atomic E-state index is 13.9. The Morgan fingerprint density at radius 2 is 1.79 bits per heavy atom. The summed E-state index contributed by atoms with van der Waals surface area (Å²) in [6.45, 7) is 11.5. The number of carbonyl (C=O) groups is 3. The van der Waals surface area contributed by atoms with Crippen molar-refractivity contribution >= 4 is 56.8 Å². The summed E-state index contributed by atoms with van der Waals surface area (Å²) >= 11 is 12.8. The number of fused-ring (bicyclic) bond motifs is 3. The van der Waals surface area contributed by atoms with Crippen molar-refractivity contribution in [3.8, 4) is 5.75 Å². The number of amides is 3. The predicted molar refractivity (Wildman–Crippen MR) is 240 cm³/mol. The predicted octanol–water partition coefficient (Wildman–Crippen LogP) is 8.37. The molecular formula is C46H64Cl2N4O8S. The zero-order chi connectivity index (χ0) is 44.1. The van der Waals surface area contributed by atoms with E-state index in [-0.39, 0.29) is 54.2 Å². The van der Waals surface area contributed by atoms with E-state index in [9.17, 15) is 22.8 Å². The van der Waals surface area contributed by atoms with Crippen LogP contribution in [-0.2, 0) is 37.3 Å². The third-order valence-electron chi connectivity index (χ3n) is 13.1. The largest absolute Gasteiger partial charge is 0.487 e. The van der Waals surface area contributed by atoms with Crippen molar-refractivity contribution in [1.82, 2.24) is 14.5 Å². The Bertz CT molecular complexity index is 2040. The van der Waals surface area contributed by atoms with Gasteiger partial charge in [0.1, 0.15) is 29.4 Å². The lowest BCUT2D eigenvalue weighted by Crippen LogP contribution is -2.59. The van der Waals surface area contributed by atoms with E-state index in [1.807, 2.05) is 58.0 Å². The zero-order valence-corrected chi connectivity index (χ0v) is 38.9. The molecule has 0 spiro atoms. The molecule has 6 atom stereocenters. The number of ether oxygens (including phenoxy) is 3. The van der Waals surface area contributed by atoms with Gasteiger partial charge in [0, 0.05) is 43.9 Å². The summed E-state index contributed by atoms with van der Waals surface area (Å²) in [5.41, 5.74) is 1.45. The van der Waals surface area contributed by atoms with Gasteiger partial charge in [-0.3, -0.25) is 9.59 Å². The van der Waals surface area contributed by atoms with Gasteiger partial charge in [0.05, 0.1) is 23.5 Å². The van der Waals surface area contributed by atoms with E-state index in [4.69, 9.17) is 37.4 Å². The topological polar surface area (TPSA) is 135 Å². The molecule has 4 aliphatic rings. The Morgan fingerprint density at radius 1 is 1.02 bits per heavy atom. The van der Waals surface area contributed by atoms with Crippen molar-refractivity contribution in [1.29, 1.82) is 0 Å². The highest BCUT2D eigenvalue weighted by Crippen LogP contribution is 2.47. The van der Waals surface area contributed by atoms with E-state index >= 15 is 0 Å². The van der Waals surface area contributed by atoms with Crippen LogP contribution in [0.1, 0.15) is 107 Å². The number of hydrogen-bond acceptors (Lipinski definition) is 9. The smallest absolute Gasteiger partial charge is 0.410 e. The second kappa shape index (κ2) is 19.9. The lowest BCUT2D eigenvalue weighted by atomic mass is 9.63. The second-order valence-corrected chi connectivity index (χ2v) is 21.2. The highest BCUT2D eigenvalue weighted by atomic mass is 35.5. The van der Waals surface area contributed by atoms with Crippen LogP contribution in [0.3, 0.4) is 0 Å². The number of nitrogens with one attached hydrogen (secondary N) is 1. The standard InChI is InChI=1S/C46H64Cl2N4O8S/c1-31-12-11-21-46(58-6,30-51(42(53)26-47)28-38-14-8-10-23-52(38)44(55)60-45(3,4)5)39-19-16-35(39)27-50-22-9-7-13-33-24-37(48)18-15-36(33)29-59-41-20-17-34(25-40(41)50)43(54)49-61(56,57)32(31)2/h11,15,17-18,20-21,24-25,31-32,35,38-39H,7-10,12-14,16,19,22-23,26-30H2,1-6H3,(H,49,54)/b21-11+/t31-,32+,35-,38+,39+,46-/m0/s1. The van der Waals surface area contributed by atoms with Crippen molar-refractivity contribution in [2.24, 2.45) is 17.8 Å². The first-order valence-corrected chi connectivity index (χ1v) is 24.3. The van der Waals surface area contributed by atoms with E-state index in [2.05, 4.69) is 9.62 Å². The molecule has 15 heteroatoms. The maximum atomic E-state index is 13.9. The van der Waals surface area contributed by atoms with Crippen LogP contribution in [0.15, 0.2) is 48.6 Å². The number of anilines is 1. The zero-order valence-electron chi connectivity index (χ0n) is 36.6. The average Bonchev–Trinajstić information content (AvgIpc) is 3.23. The van der Waals surface area contributed by atoms with E-state index in [0.717, 1.165) is 56.1 Å².